The molecule has 3 N–H and O–H groups in total. The Hall–Kier alpha value is -3.74. The Balaban J connectivity index is 1.22. The number of fused-ring (bicyclic) bond motifs is 1. The second-order valence-electron chi connectivity index (χ2n) is 7.90. The first kappa shape index (κ1) is 21.1. The van der Waals surface area contributed by atoms with Crippen LogP contribution in [0.1, 0.15) is 27.3 Å². The Morgan fingerprint density at radius 3 is 2.67 bits per heavy atom. The van der Waals surface area contributed by atoms with E-state index in [4.69, 9.17) is 16.6 Å². The molecule has 0 radical (unpaired) electrons. The van der Waals surface area contributed by atoms with Gasteiger partial charge in [0, 0.05) is 58.9 Å². The van der Waals surface area contributed by atoms with Gasteiger partial charge in [0.25, 0.3) is 5.91 Å². The number of nitrogens with zero attached hydrogens (tertiary/aromatic N) is 2. The zero-order chi connectivity index (χ0) is 22.6. The lowest BCUT2D eigenvalue weighted by Gasteiger charge is -2.17. The molecule has 1 unspecified atom stereocenters. The van der Waals surface area contributed by atoms with Crippen molar-refractivity contribution in [2.24, 2.45) is 0 Å². The van der Waals surface area contributed by atoms with Gasteiger partial charge in [-0.2, -0.15) is 0 Å². The van der Waals surface area contributed by atoms with E-state index in [0.717, 1.165) is 47.0 Å². The largest absolute Gasteiger partial charge is 0.341 e. The third-order valence-electron chi connectivity index (χ3n) is 5.53. The lowest BCUT2D eigenvalue weighted by molar-refractivity contribution is 0.102. The van der Waals surface area contributed by atoms with Gasteiger partial charge in [-0.15, -0.1) is 0 Å². The number of amides is 1. The Labute approximate surface area is 196 Å². The highest BCUT2D eigenvalue weighted by Gasteiger charge is 2.18. The number of aromatic nitrogens is 3. The molecule has 0 bridgehead atoms. The minimum atomic E-state index is -0.178. The SMILES string of the molecule is O=C(Nc1ccc(-c2nc3c([nH]2)CC(NCc2cccnc2)C=C3)cc1)c1ccc(Cl)cc1. The molecule has 0 fully saturated rings. The van der Waals surface area contributed by atoms with Crippen molar-refractivity contribution in [3.05, 3.63) is 107 Å². The number of carbonyl (C=O) groups is 1. The fourth-order valence-corrected chi connectivity index (χ4v) is 3.88. The molecule has 2 heterocycles. The molecule has 1 amide bonds. The van der Waals surface area contributed by atoms with Crippen molar-refractivity contribution in [1.82, 2.24) is 20.3 Å². The van der Waals surface area contributed by atoms with Gasteiger partial charge in [-0.3, -0.25) is 9.78 Å². The van der Waals surface area contributed by atoms with Gasteiger partial charge in [0.05, 0.1) is 5.69 Å². The predicted molar refractivity (Wildman–Crippen MR) is 131 cm³/mol. The summed E-state index contributed by atoms with van der Waals surface area (Å²) < 4.78 is 0. The number of benzene rings is 2. The second-order valence-corrected chi connectivity index (χ2v) is 8.34. The predicted octanol–water partition coefficient (Wildman–Crippen LogP) is 5.11. The molecule has 1 aliphatic rings. The number of halogens is 1. The van der Waals surface area contributed by atoms with E-state index >= 15 is 0 Å². The van der Waals surface area contributed by atoms with Crippen LogP contribution in [0.5, 0.6) is 0 Å². The molecule has 6 nitrogen and oxygen atoms in total. The van der Waals surface area contributed by atoms with Crippen LogP contribution in [0.25, 0.3) is 17.5 Å². The summed E-state index contributed by atoms with van der Waals surface area (Å²) in [7, 11) is 0. The van der Waals surface area contributed by atoms with Crippen molar-refractivity contribution in [3.63, 3.8) is 0 Å². The van der Waals surface area contributed by atoms with Crippen LogP contribution in [0.15, 0.2) is 79.1 Å². The average Bonchev–Trinajstić information content (AvgIpc) is 3.28. The van der Waals surface area contributed by atoms with Gasteiger partial charge < -0.3 is 15.6 Å². The summed E-state index contributed by atoms with van der Waals surface area (Å²) in [6.45, 7) is 0.766. The summed E-state index contributed by atoms with van der Waals surface area (Å²) in [6, 6.07) is 18.7. The molecule has 1 aliphatic carbocycles. The third-order valence-corrected chi connectivity index (χ3v) is 5.79. The maximum atomic E-state index is 12.4. The van der Waals surface area contributed by atoms with E-state index < -0.39 is 0 Å². The highest BCUT2D eigenvalue weighted by Crippen LogP contribution is 2.24. The Kier molecular flexibility index (Phi) is 6.02. The van der Waals surface area contributed by atoms with Gasteiger partial charge in [0.2, 0.25) is 0 Å². The molecule has 33 heavy (non-hydrogen) atoms. The fraction of sp³-hybridized carbons (Fsp3) is 0.115. The fourth-order valence-electron chi connectivity index (χ4n) is 3.76. The van der Waals surface area contributed by atoms with E-state index in [2.05, 4.69) is 38.8 Å². The van der Waals surface area contributed by atoms with E-state index in [1.807, 2.05) is 36.5 Å². The van der Waals surface area contributed by atoms with Crippen LogP contribution in [-0.4, -0.2) is 26.9 Å². The summed E-state index contributed by atoms with van der Waals surface area (Å²) in [6.07, 6.45) is 8.71. The molecule has 2 aromatic carbocycles. The molecule has 0 saturated carbocycles. The molecule has 0 spiro atoms. The summed E-state index contributed by atoms with van der Waals surface area (Å²) in [5, 5.41) is 7.05. The van der Waals surface area contributed by atoms with Crippen molar-refractivity contribution in [1.29, 1.82) is 0 Å². The monoisotopic (exact) mass is 455 g/mol. The molecule has 1 atom stereocenters. The summed E-state index contributed by atoms with van der Waals surface area (Å²) in [4.78, 5) is 24.8. The number of pyridine rings is 1. The molecule has 164 valence electrons. The number of imidazole rings is 1. The molecule has 2 aromatic heterocycles. The number of nitrogens with one attached hydrogen (secondary N) is 3. The summed E-state index contributed by atoms with van der Waals surface area (Å²) in [5.74, 6) is 0.635. The number of carbonyl (C=O) groups excluding carboxylic acids is 1. The molecule has 4 aromatic rings. The van der Waals surface area contributed by atoms with Gasteiger partial charge >= 0.3 is 0 Å². The first-order chi connectivity index (χ1) is 16.1. The van der Waals surface area contributed by atoms with E-state index in [-0.39, 0.29) is 11.9 Å². The minimum Gasteiger partial charge on any atom is -0.341 e. The van der Waals surface area contributed by atoms with E-state index in [1.165, 1.54) is 0 Å². The van der Waals surface area contributed by atoms with Gasteiger partial charge in [-0.25, -0.2) is 4.98 Å². The number of H-pyrrole nitrogens is 1. The van der Waals surface area contributed by atoms with E-state index in [1.54, 1.807) is 30.5 Å². The maximum Gasteiger partial charge on any atom is 0.255 e. The number of anilines is 1. The quantitative estimate of drug-likeness (QED) is 0.377. The van der Waals surface area contributed by atoms with Crippen LogP contribution >= 0.6 is 11.6 Å². The number of rotatable bonds is 6. The first-order valence-corrected chi connectivity index (χ1v) is 11.1. The molecule has 5 rings (SSSR count). The van der Waals surface area contributed by atoms with Gasteiger partial charge in [-0.1, -0.05) is 23.7 Å². The molecular formula is C26H22ClN5O. The standard InChI is InChI=1S/C26H22ClN5O/c27-20-7-3-19(4-8-20)26(33)30-21-9-5-18(6-10-21)25-31-23-12-11-22(14-24(23)32-25)29-16-17-2-1-13-28-15-17/h1-13,15,22,29H,14,16H2,(H,30,33)(H,31,32). The van der Waals surface area contributed by atoms with Crippen LogP contribution in [0.2, 0.25) is 5.02 Å². The lowest BCUT2D eigenvalue weighted by Crippen LogP contribution is -2.30. The summed E-state index contributed by atoms with van der Waals surface area (Å²) >= 11 is 5.89. The van der Waals surface area contributed by atoms with Crippen molar-refractivity contribution in [2.75, 3.05) is 5.32 Å². The summed E-state index contributed by atoms with van der Waals surface area (Å²) in [5.41, 5.74) is 5.46. The van der Waals surface area contributed by atoms with Crippen LogP contribution in [-0.2, 0) is 13.0 Å². The van der Waals surface area contributed by atoms with Crippen molar-refractivity contribution < 1.29 is 4.79 Å². The van der Waals surface area contributed by atoms with Gasteiger partial charge in [0.15, 0.2) is 0 Å². The molecule has 7 heteroatoms. The number of aromatic amines is 1. The lowest BCUT2D eigenvalue weighted by atomic mass is 10.0. The van der Waals surface area contributed by atoms with Gasteiger partial charge in [-0.05, 0) is 66.2 Å². The second kappa shape index (κ2) is 9.40. The molecule has 0 aliphatic heterocycles. The first-order valence-electron chi connectivity index (χ1n) is 10.7. The maximum absolute atomic E-state index is 12.4. The average molecular weight is 456 g/mol. The molecular weight excluding hydrogens is 434 g/mol. The Morgan fingerprint density at radius 1 is 1.09 bits per heavy atom. The van der Waals surface area contributed by atoms with E-state index in [9.17, 15) is 4.79 Å². The minimum absolute atomic E-state index is 0.178. The molecule has 0 saturated heterocycles. The van der Waals surface area contributed by atoms with Crippen LogP contribution in [0, 0.1) is 0 Å². The van der Waals surface area contributed by atoms with Gasteiger partial charge in [0.1, 0.15) is 5.82 Å². The van der Waals surface area contributed by atoms with Crippen molar-refractivity contribution in [2.45, 2.75) is 19.0 Å². The van der Waals surface area contributed by atoms with Crippen LogP contribution < -0.4 is 10.6 Å². The highest BCUT2D eigenvalue weighted by molar-refractivity contribution is 6.30. The van der Waals surface area contributed by atoms with Crippen molar-refractivity contribution >= 4 is 29.3 Å². The highest BCUT2D eigenvalue weighted by atomic mass is 35.5. The normalized spacial score (nSPS) is 14.6. The Morgan fingerprint density at radius 2 is 1.91 bits per heavy atom. The van der Waals surface area contributed by atoms with Crippen LogP contribution in [0.3, 0.4) is 0 Å². The number of hydrogen-bond donors (Lipinski definition) is 3. The number of hydrogen-bond acceptors (Lipinski definition) is 4. The zero-order valence-corrected chi connectivity index (χ0v) is 18.5. The topological polar surface area (TPSA) is 82.7 Å². The van der Waals surface area contributed by atoms with E-state index in [0.29, 0.717) is 10.6 Å². The van der Waals surface area contributed by atoms with Crippen LogP contribution in [0.4, 0.5) is 5.69 Å². The smallest absolute Gasteiger partial charge is 0.255 e. The van der Waals surface area contributed by atoms with Crippen molar-refractivity contribution in [3.8, 4) is 11.4 Å². The zero-order valence-electron chi connectivity index (χ0n) is 17.8. The third kappa shape index (κ3) is 5.03. The Bertz CT molecular complexity index is 1280.